The van der Waals surface area contributed by atoms with Gasteiger partial charge in [-0.3, -0.25) is 0 Å². The topological polar surface area (TPSA) is 55.4 Å². The molecule has 1 aliphatic carbocycles. The Morgan fingerprint density at radius 3 is 2.48 bits per heavy atom. The number of ether oxygens (including phenoxy) is 1. The third kappa shape index (κ3) is 4.67. The highest BCUT2D eigenvalue weighted by Gasteiger charge is 2.38. The van der Waals surface area contributed by atoms with Gasteiger partial charge in [-0.25, -0.2) is 8.42 Å². The summed E-state index contributed by atoms with van der Waals surface area (Å²) in [6.07, 6.45) is 7.71. The van der Waals surface area contributed by atoms with Crippen molar-refractivity contribution in [1.29, 1.82) is 0 Å². The van der Waals surface area contributed by atoms with E-state index in [0.717, 1.165) is 13.0 Å². The second kappa shape index (κ2) is 7.93. The highest BCUT2D eigenvalue weighted by atomic mass is 32.2. The Bertz CT molecular complexity index is 404. The minimum atomic E-state index is -3.08. The molecule has 2 fully saturated rings. The highest BCUT2D eigenvalue weighted by molar-refractivity contribution is 7.92. The van der Waals surface area contributed by atoms with E-state index in [4.69, 9.17) is 4.74 Å². The maximum absolute atomic E-state index is 12.7. The molecule has 3 atom stereocenters. The molecular formula is C16H31NO3S. The van der Waals surface area contributed by atoms with Crippen LogP contribution in [0.1, 0.15) is 58.8 Å². The lowest BCUT2D eigenvalue weighted by Gasteiger charge is -2.32. The van der Waals surface area contributed by atoms with Crippen molar-refractivity contribution in [2.75, 3.05) is 18.9 Å². The molecule has 0 aromatic rings. The van der Waals surface area contributed by atoms with Gasteiger partial charge in [0.2, 0.25) is 0 Å². The molecule has 21 heavy (non-hydrogen) atoms. The van der Waals surface area contributed by atoms with Crippen LogP contribution < -0.4 is 5.32 Å². The van der Waals surface area contributed by atoms with Crippen LogP contribution >= 0.6 is 0 Å². The fraction of sp³-hybridized carbons (Fsp3) is 1.00. The van der Waals surface area contributed by atoms with E-state index in [1.807, 2.05) is 6.92 Å². The number of nitrogens with one attached hydrogen (secondary N) is 1. The van der Waals surface area contributed by atoms with E-state index in [0.29, 0.717) is 18.9 Å². The largest absolute Gasteiger partial charge is 0.377 e. The van der Waals surface area contributed by atoms with Crippen LogP contribution in [0.5, 0.6) is 0 Å². The van der Waals surface area contributed by atoms with Gasteiger partial charge in [0, 0.05) is 12.6 Å². The van der Waals surface area contributed by atoms with Gasteiger partial charge in [0.15, 0.2) is 9.84 Å². The molecule has 0 bridgehead atoms. The molecular weight excluding hydrogens is 286 g/mol. The zero-order valence-electron chi connectivity index (χ0n) is 13.5. The van der Waals surface area contributed by atoms with Crippen molar-refractivity contribution in [3.63, 3.8) is 0 Å². The lowest BCUT2D eigenvalue weighted by Crippen LogP contribution is -2.45. The SMILES string of the molecule is CCCNC(CS(=O)(=O)C1CCOC1C)C1CCCCC1. The van der Waals surface area contributed by atoms with Crippen molar-refractivity contribution in [2.45, 2.75) is 76.2 Å². The van der Waals surface area contributed by atoms with Gasteiger partial charge in [-0.15, -0.1) is 0 Å². The summed E-state index contributed by atoms with van der Waals surface area (Å²) < 4.78 is 30.9. The van der Waals surface area contributed by atoms with E-state index in [1.165, 1.54) is 32.1 Å². The molecule has 1 saturated carbocycles. The fourth-order valence-corrected chi connectivity index (χ4v) is 6.04. The van der Waals surface area contributed by atoms with E-state index in [1.54, 1.807) is 0 Å². The van der Waals surface area contributed by atoms with E-state index in [-0.39, 0.29) is 23.1 Å². The minimum absolute atomic E-state index is 0.128. The van der Waals surface area contributed by atoms with Crippen molar-refractivity contribution in [3.8, 4) is 0 Å². The predicted molar refractivity (Wildman–Crippen MR) is 86.3 cm³/mol. The normalized spacial score (nSPS) is 29.6. The molecule has 0 amide bonds. The zero-order chi connectivity index (χ0) is 15.3. The Hall–Kier alpha value is -0.130. The first-order chi connectivity index (χ1) is 10.0. The number of rotatable bonds is 7. The Labute approximate surface area is 129 Å². The standard InChI is InChI=1S/C16H31NO3S/c1-3-10-17-15(14-7-5-4-6-8-14)12-21(18,19)16-9-11-20-13(16)2/h13-17H,3-12H2,1-2H3. The molecule has 0 radical (unpaired) electrons. The molecule has 1 aliphatic heterocycles. The summed E-state index contributed by atoms with van der Waals surface area (Å²) in [5.74, 6) is 0.813. The van der Waals surface area contributed by atoms with Crippen LogP contribution in [0.3, 0.4) is 0 Å². The van der Waals surface area contributed by atoms with Crippen molar-refractivity contribution in [1.82, 2.24) is 5.32 Å². The number of sulfone groups is 1. The number of hydrogen-bond acceptors (Lipinski definition) is 4. The molecule has 2 rings (SSSR count). The summed E-state index contributed by atoms with van der Waals surface area (Å²) in [4.78, 5) is 0. The van der Waals surface area contributed by atoms with Gasteiger partial charge < -0.3 is 10.1 Å². The predicted octanol–water partition coefficient (Wildman–Crippen LogP) is 2.53. The van der Waals surface area contributed by atoms with Gasteiger partial charge in [-0.05, 0) is 45.1 Å². The second-order valence-corrected chi connectivity index (χ2v) is 8.96. The molecule has 4 nitrogen and oxygen atoms in total. The Balaban J connectivity index is 2.02. The average molecular weight is 317 g/mol. The maximum atomic E-state index is 12.7. The van der Waals surface area contributed by atoms with Gasteiger partial charge in [0.05, 0.1) is 17.1 Å². The van der Waals surface area contributed by atoms with Crippen molar-refractivity contribution >= 4 is 9.84 Å². The Kier molecular flexibility index (Phi) is 6.51. The van der Waals surface area contributed by atoms with Crippen molar-refractivity contribution in [2.24, 2.45) is 5.92 Å². The first kappa shape index (κ1) is 17.2. The molecule has 0 aromatic carbocycles. The fourth-order valence-electron chi connectivity index (χ4n) is 3.79. The third-order valence-electron chi connectivity index (χ3n) is 5.06. The minimum Gasteiger partial charge on any atom is -0.377 e. The maximum Gasteiger partial charge on any atom is 0.157 e. The van der Waals surface area contributed by atoms with E-state index < -0.39 is 9.84 Å². The lowest BCUT2D eigenvalue weighted by atomic mass is 9.84. The lowest BCUT2D eigenvalue weighted by molar-refractivity contribution is 0.126. The molecule has 2 aliphatic rings. The summed E-state index contributed by atoms with van der Waals surface area (Å²) in [5, 5.41) is 3.21. The van der Waals surface area contributed by atoms with Crippen LogP contribution in [0.15, 0.2) is 0 Å². The van der Waals surface area contributed by atoms with Crippen LogP contribution in [-0.4, -0.2) is 44.7 Å². The van der Waals surface area contributed by atoms with Gasteiger partial charge in [-0.2, -0.15) is 0 Å². The molecule has 124 valence electrons. The summed E-state index contributed by atoms with van der Waals surface area (Å²) in [6, 6.07) is 0.128. The monoisotopic (exact) mass is 317 g/mol. The molecule has 1 saturated heterocycles. The molecule has 3 unspecified atom stereocenters. The Morgan fingerprint density at radius 2 is 1.90 bits per heavy atom. The smallest absolute Gasteiger partial charge is 0.157 e. The summed E-state index contributed by atoms with van der Waals surface area (Å²) in [7, 11) is -3.08. The van der Waals surface area contributed by atoms with Gasteiger partial charge in [0.1, 0.15) is 0 Å². The van der Waals surface area contributed by atoms with Crippen LogP contribution in [0.2, 0.25) is 0 Å². The number of hydrogen-bond donors (Lipinski definition) is 1. The molecule has 5 heteroatoms. The van der Waals surface area contributed by atoms with Crippen LogP contribution in [0.4, 0.5) is 0 Å². The van der Waals surface area contributed by atoms with Crippen LogP contribution in [0, 0.1) is 5.92 Å². The van der Waals surface area contributed by atoms with Gasteiger partial charge in [-0.1, -0.05) is 26.2 Å². The van der Waals surface area contributed by atoms with E-state index >= 15 is 0 Å². The Morgan fingerprint density at radius 1 is 1.19 bits per heavy atom. The first-order valence-corrected chi connectivity index (χ1v) is 10.3. The second-order valence-electron chi connectivity index (χ2n) is 6.69. The molecule has 1 N–H and O–H groups in total. The summed E-state index contributed by atoms with van der Waals surface area (Å²) >= 11 is 0. The van der Waals surface area contributed by atoms with Crippen molar-refractivity contribution < 1.29 is 13.2 Å². The van der Waals surface area contributed by atoms with Crippen LogP contribution in [0.25, 0.3) is 0 Å². The van der Waals surface area contributed by atoms with E-state index in [2.05, 4.69) is 12.2 Å². The highest BCUT2D eigenvalue weighted by Crippen LogP contribution is 2.29. The van der Waals surface area contributed by atoms with Crippen molar-refractivity contribution in [3.05, 3.63) is 0 Å². The molecule has 0 aromatic heterocycles. The quantitative estimate of drug-likeness (QED) is 0.784. The summed E-state index contributed by atoms with van der Waals surface area (Å²) in [5.41, 5.74) is 0. The first-order valence-electron chi connectivity index (χ1n) is 8.61. The van der Waals surface area contributed by atoms with Gasteiger partial charge in [0.25, 0.3) is 0 Å². The molecule has 0 spiro atoms. The zero-order valence-corrected chi connectivity index (χ0v) is 14.3. The average Bonchev–Trinajstić information content (AvgIpc) is 2.91. The molecule has 1 heterocycles. The van der Waals surface area contributed by atoms with Crippen LogP contribution in [-0.2, 0) is 14.6 Å². The summed E-state index contributed by atoms with van der Waals surface area (Å²) in [6.45, 7) is 5.52. The third-order valence-corrected chi connectivity index (χ3v) is 7.42. The van der Waals surface area contributed by atoms with E-state index in [9.17, 15) is 8.42 Å². The van der Waals surface area contributed by atoms with Gasteiger partial charge >= 0.3 is 0 Å².